The van der Waals surface area contributed by atoms with E-state index in [4.69, 9.17) is 32.7 Å². The van der Waals surface area contributed by atoms with Crippen LogP contribution in [0.25, 0.3) is 0 Å². The molecule has 0 radical (unpaired) electrons. The van der Waals surface area contributed by atoms with Crippen LogP contribution < -0.4 is 14.8 Å². The molecule has 0 heterocycles. The van der Waals surface area contributed by atoms with Crippen LogP contribution in [0.4, 0.5) is 0 Å². The van der Waals surface area contributed by atoms with Gasteiger partial charge in [-0.25, -0.2) is 0 Å². The number of halogens is 2. The third-order valence-corrected chi connectivity index (χ3v) is 3.74. The Kier molecular flexibility index (Phi) is 7.22. The number of benzene rings is 2. The first-order valence-corrected chi connectivity index (χ1v) is 8.42. The average molecular weight is 368 g/mol. The van der Waals surface area contributed by atoms with E-state index in [1.54, 1.807) is 48.5 Å². The van der Waals surface area contributed by atoms with Gasteiger partial charge in [0.1, 0.15) is 18.1 Å². The summed E-state index contributed by atoms with van der Waals surface area (Å²) in [5.41, 5.74) is 0. The van der Waals surface area contributed by atoms with E-state index >= 15 is 0 Å². The molecule has 0 fully saturated rings. The molecular weight excluding hydrogens is 349 g/mol. The summed E-state index contributed by atoms with van der Waals surface area (Å²) in [5, 5.41) is 4.08. The summed E-state index contributed by atoms with van der Waals surface area (Å²) in [5.74, 6) is 1.14. The monoisotopic (exact) mass is 367 g/mol. The molecule has 0 aliphatic rings. The van der Waals surface area contributed by atoms with Crippen LogP contribution in [0.2, 0.25) is 10.0 Å². The van der Waals surface area contributed by atoms with Gasteiger partial charge < -0.3 is 14.8 Å². The molecule has 2 aromatic rings. The Morgan fingerprint density at radius 2 is 1.54 bits per heavy atom. The first kappa shape index (κ1) is 18.4. The fraction of sp³-hybridized carbons (Fsp3) is 0.278. The molecule has 1 amide bonds. The van der Waals surface area contributed by atoms with Gasteiger partial charge in [-0.3, -0.25) is 4.79 Å². The Morgan fingerprint density at radius 3 is 2.08 bits per heavy atom. The quantitative estimate of drug-likeness (QED) is 0.705. The van der Waals surface area contributed by atoms with Crippen molar-refractivity contribution in [3.63, 3.8) is 0 Å². The Bertz CT molecular complexity index is 644. The third-order valence-electron chi connectivity index (χ3n) is 3.24. The minimum absolute atomic E-state index is 0.174. The van der Waals surface area contributed by atoms with Crippen molar-refractivity contribution in [1.29, 1.82) is 0 Å². The number of hydrogen-bond acceptors (Lipinski definition) is 3. The molecule has 0 aliphatic carbocycles. The molecule has 24 heavy (non-hydrogen) atoms. The number of ether oxygens (including phenoxy) is 2. The third kappa shape index (κ3) is 5.95. The van der Waals surface area contributed by atoms with Gasteiger partial charge in [-0.05, 0) is 55.0 Å². The molecule has 128 valence electrons. The molecule has 2 rings (SSSR count). The zero-order chi connectivity index (χ0) is 17.4. The minimum atomic E-state index is -0.554. The highest BCUT2D eigenvalue weighted by Crippen LogP contribution is 2.18. The molecule has 0 bridgehead atoms. The highest BCUT2D eigenvalue weighted by molar-refractivity contribution is 6.30. The Morgan fingerprint density at radius 1 is 1.00 bits per heavy atom. The Balaban J connectivity index is 1.75. The smallest absolute Gasteiger partial charge is 0.261 e. The lowest BCUT2D eigenvalue weighted by Crippen LogP contribution is -2.39. The van der Waals surface area contributed by atoms with E-state index in [0.717, 1.165) is 0 Å². The summed E-state index contributed by atoms with van der Waals surface area (Å²) in [6, 6.07) is 14.0. The lowest BCUT2D eigenvalue weighted by Gasteiger charge is -2.17. The molecule has 0 spiro atoms. The Hall–Kier alpha value is -1.91. The lowest BCUT2D eigenvalue weighted by atomic mass is 10.2. The second-order valence-electron chi connectivity index (χ2n) is 5.06. The summed E-state index contributed by atoms with van der Waals surface area (Å²) < 4.78 is 11.2. The number of nitrogens with one attached hydrogen (secondary N) is 1. The van der Waals surface area contributed by atoms with Gasteiger partial charge in [0.05, 0.1) is 6.54 Å². The summed E-state index contributed by atoms with van der Waals surface area (Å²) in [6.45, 7) is 2.65. The molecule has 0 aliphatic heterocycles. The predicted molar refractivity (Wildman–Crippen MR) is 96.1 cm³/mol. The molecule has 0 saturated heterocycles. The second-order valence-corrected chi connectivity index (χ2v) is 5.93. The highest BCUT2D eigenvalue weighted by Gasteiger charge is 2.17. The zero-order valence-corrected chi connectivity index (χ0v) is 14.8. The fourth-order valence-electron chi connectivity index (χ4n) is 1.99. The molecule has 6 heteroatoms. The second kappa shape index (κ2) is 9.40. The van der Waals surface area contributed by atoms with Gasteiger partial charge in [-0.2, -0.15) is 0 Å². The molecule has 0 saturated carbocycles. The van der Waals surface area contributed by atoms with Crippen LogP contribution in [0.3, 0.4) is 0 Å². The van der Waals surface area contributed by atoms with E-state index in [2.05, 4.69) is 5.32 Å². The van der Waals surface area contributed by atoms with Crippen LogP contribution in [-0.4, -0.2) is 25.2 Å². The van der Waals surface area contributed by atoms with Gasteiger partial charge in [-0.1, -0.05) is 30.1 Å². The van der Waals surface area contributed by atoms with Crippen LogP contribution in [-0.2, 0) is 4.79 Å². The fourth-order valence-corrected chi connectivity index (χ4v) is 2.24. The van der Waals surface area contributed by atoms with E-state index in [9.17, 15) is 4.79 Å². The van der Waals surface area contributed by atoms with E-state index in [1.807, 2.05) is 6.92 Å². The molecule has 0 unspecified atom stereocenters. The topological polar surface area (TPSA) is 47.6 Å². The number of rotatable bonds is 8. The first-order valence-electron chi connectivity index (χ1n) is 7.67. The van der Waals surface area contributed by atoms with E-state index in [1.165, 1.54) is 0 Å². The lowest BCUT2D eigenvalue weighted by molar-refractivity contribution is -0.128. The van der Waals surface area contributed by atoms with Crippen molar-refractivity contribution in [1.82, 2.24) is 5.32 Å². The molecule has 2 aromatic carbocycles. The standard InChI is InChI=1S/C18H19Cl2NO3/c1-2-17(24-16-9-5-14(20)6-10-16)18(22)21-11-12-23-15-7-3-13(19)4-8-15/h3-10,17H,2,11-12H2,1H3,(H,21,22)/t17-/m0/s1. The van der Waals surface area contributed by atoms with Crippen LogP contribution in [0.5, 0.6) is 11.5 Å². The van der Waals surface area contributed by atoms with Gasteiger partial charge in [0.25, 0.3) is 5.91 Å². The molecule has 4 nitrogen and oxygen atoms in total. The highest BCUT2D eigenvalue weighted by atomic mass is 35.5. The van der Waals surface area contributed by atoms with Gasteiger partial charge in [0.15, 0.2) is 6.10 Å². The number of carbonyl (C=O) groups is 1. The molecular formula is C18H19Cl2NO3. The van der Waals surface area contributed by atoms with Crippen LogP contribution in [0, 0.1) is 0 Å². The van der Waals surface area contributed by atoms with E-state index in [0.29, 0.717) is 41.1 Å². The van der Waals surface area contributed by atoms with Gasteiger partial charge in [-0.15, -0.1) is 0 Å². The van der Waals surface area contributed by atoms with Gasteiger partial charge >= 0.3 is 0 Å². The van der Waals surface area contributed by atoms with Crippen LogP contribution in [0.1, 0.15) is 13.3 Å². The van der Waals surface area contributed by atoms with Crippen molar-refractivity contribution in [3.05, 3.63) is 58.6 Å². The molecule has 1 N–H and O–H groups in total. The number of hydrogen-bond donors (Lipinski definition) is 1. The summed E-state index contributed by atoms with van der Waals surface area (Å²) in [6.07, 6.45) is 0.00803. The number of carbonyl (C=O) groups excluding carboxylic acids is 1. The zero-order valence-electron chi connectivity index (χ0n) is 13.3. The van der Waals surface area contributed by atoms with Crippen molar-refractivity contribution in [2.75, 3.05) is 13.2 Å². The minimum Gasteiger partial charge on any atom is -0.492 e. The Labute approximate surface area is 151 Å². The predicted octanol–water partition coefficient (Wildman–Crippen LogP) is 4.35. The maximum atomic E-state index is 12.2. The SMILES string of the molecule is CC[C@H](Oc1ccc(Cl)cc1)C(=O)NCCOc1ccc(Cl)cc1. The maximum absolute atomic E-state index is 12.2. The largest absolute Gasteiger partial charge is 0.492 e. The number of amides is 1. The van der Waals surface area contributed by atoms with Gasteiger partial charge in [0.2, 0.25) is 0 Å². The van der Waals surface area contributed by atoms with Crippen LogP contribution >= 0.6 is 23.2 Å². The van der Waals surface area contributed by atoms with E-state index in [-0.39, 0.29) is 5.91 Å². The van der Waals surface area contributed by atoms with E-state index < -0.39 is 6.10 Å². The first-order chi connectivity index (χ1) is 11.6. The van der Waals surface area contributed by atoms with Crippen molar-refractivity contribution >= 4 is 29.1 Å². The summed E-state index contributed by atoms with van der Waals surface area (Å²) in [7, 11) is 0. The maximum Gasteiger partial charge on any atom is 0.261 e. The normalized spacial score (nSPS) is 11.6. The molecule has 0 aromatic heterocycles. The van der Waals surface area contributed by atoms with Crippen molar-refractivity contribution in [2.24, 2.45) is 0 Å². The summed E-state index contributed by atoms with van der Waals surface area (Å²) >= 11 is 11.6. The van der Waals surface area contributed by atoms with Crippen molar-refractivity contribution in [3.8, 4) is 11.5 Å². The summed E-state index contributed by atoms with van der Waals surface area (Å²) in [4.78, 5) is 12.2. The average Bonchev–Trinajstić information content (AvgIpc) is 2.59. The van der Waals surface area contributed by atoms with Crippen molar-refractivity contribution in [2.45, 2.75) is 19.4 Å². The molecule has 1 atom stereocenters. The van der Waals surface area contributed by atoms with Crippen molar-refractivity contribution < 1.29 is 14.3 Å². The van der Waals surface area contributed by atoms with Gasteiger partial charge in [0, 0.05) is 10.0 Å². The van der Waals surface area contributed by atoms with Crippen LogP contribution in [0.15, 0.2) is 48.5 Å².